The Hall–Kier alpha value is -2.64. The molecule has 0 atom stereocenters. The average molecular weight is 218 g/mol. The van der Waals surface area contributed by atoms with Crippen LogP contribution < -0.4 is 11.5 Å². The summed E-state index contributed by atoms with van der Waals surface area (Å²) in [5.74, 6) is 0.620. The van der Waals surface area contributed by atoms with Gasteiger partial charge in [-0.15, -0.1) is 0 Å². The van der Waals surface area contributed by atoms with E-state index in [1.807, 2.05) is 0 Å². The fraction of sp³-hybridized carbons (Fsp3) is 0. The Morgan fingerprint density at radius 3 is 1.62 bits per heavy atom. The summed E-state index contributed by atoms with van der Waals surface area (Å²) in [5, 5.41) is 0. The molecule has 0 bridgehead atoms. The number of aromatic nitrogens is 6. The molecule has 16 heavy (non-hydrogen) atoms. The molecule has 2 aromatic rings. The Balaban J connectivity index is 0.000000181. The number of nitrogens with zero attached hydrogens (tertiary/aromatic N) is 6. The minimum Gasteiger partial charge on any atom is -0.368 e. The zero-order chi connectivity index (χ0) is 11.8. The van der Waals surface area contributed by atoms with Crippen LogP contribution >= 0.6 is 0 Å². The van der Waals surface area contributed by atoms with E-state index < -0.39 is 0 Å². The molecule has 2 aromatic heterocycles. The maximum absolute atomic E-state index is 5.24. The summed E-state index contributed by atoms with van der Waals surface area (Å²) in [7, 11) is 0. The van der Waals surface area contributed by atoms with E-state index in [4.69, 9.17) is 11.5 Å². The summed E-state index contributed by atoms with van der Waals surface area (Å²) in [6.07, 6.45) is 5.77. The van der Waals surface area contributed by atoms with Gasteiger partial charge < -0.3 is 11.5 Å². The van der Waals surface area contributed by atoms with Gasteiger partial charge in [0.25, 0.3) is 0 Å². The van der Waals surface area contributed by atoms with Crippen molar-refractivity contribution >= 4 is 18.0 Å². The van der Waals surface area contributed by atoms with Gasteiger partial charge in [0, 0.05) is 0 Å². The van der Waals surface area contributed by atoms with E-state index in [1.165, 1.54) is 25.1 Å². The van der Waals surface area contributed by atoms with Crippen LogP contribution in [0.3, 0.4) is 0 Å². The van der Waals surface area contributed by atoms with Gasteiger partial charge in [-0.1, -0.05) is 6.58 Å². The van der Waals surface area contributed by atoms with Crippen molar-refractivity contribution in [3.05, 3.63) is 31.4 Å². The highest BCUT2D eigenvalue weighted by atomic mass is 15.1. The molecule has 8 heteroatoms. The van der Waals surface area contributed by atoms with Crippen molar-refractivity contribution in [3.63, 3.8) is 0 Å². The van der Waals surface area contributed by atoms with Crippen molar-refractivity contribution < 1.29 is 0 Å². The number of nitrogens with two attached hydrogens (primary N) is 2. The highest BCUT2D eigenvalue weighted by Gasteiger charge is 1.95. The van der Waals surface area contributed by atoms with E-state index in [0.29, 0.717) is 5.82 Å². The molecule has 0 radical (unpaired) electrons. The molecule has 8 nitrogen and oxygen atoms in total. The fourth-order valence-corrected chi connectivity index (χ4v) is 0.723. The summed E-state index contributed by atoms with van der Waals surface area (Å²) < 4.78 is 0. The van der Waals surface area contributed by atoms with Gasteiger partial charge in [-0.3, -0.25) is 0 Å². The first-order chi connectivity index (χ1) is 7.72. The Morgan fingerprint density at radius 1 is 0.875 bits per heavy atom. The summed E-state index contributed by atoms with van der Waals surface area (Å²) in [4.78, 5) is 21.7. The zero-order valence-electron chi connectivity index (χ0n) is 8.35. The number of anilines is 2. The van der Waals surface area contributed by atoms with E-state index in [0.717, 1.165) is 0 Å². The highest BCUT2D eigenvalue weighted by molar-refractivity contribution is 5.41. The molecule has 4 N–H and O–H groups in total. The van der Waals surface area contributed by atoms with Crippen LogP contribution in [0.2, 0.25) is 0 Å². The van der Waals surface area contributed by atoms with Gasteiger partial charge in [0.1, 0.15) is 19.0 Å². The highest BCUT2D eigenvalue weighted by Crippen LogP contribution is 1.98. The van der Waals surface area contributed by atoms with Gasteiger partial charge >= 0.3 is 0 Å². The molecular formula is C8H10N8. The molecular weight excluding hydrogens is 208 g/mol. The summed E-state index contributed by atoms with van der Waals surface area (Å²) in [6.45, 7) is 3.45. The third-order valence-corrected chi connectivity index (χ3v) is 1.27. The second-order valence-electron chi connectivity index (χ2n) is 2.41. The van der Waals surface area contributed by atoms with Gasteiger partial charge in [0.15, 0.2) is 5.82 Å². The van der Waals surface area contributed by atoms with Gasteiger partial charge in [-0.05, 0) is 6.08 Å². The molecule has 0 saturated heterocycles. The Bertz CT molecular complexity index is 396. The molecule has 82 valence electrons. The molecule has 0 fully saturated rings. The van der Waals surface area contributed by atoms with E-state index in [2.05, 4.69) is 36.5 Å². The Morgan fingerprint density at radius 2 is 1.31 bits per heavy atom. The predicted octanol–water partition coefficient (Wildman–Crippen LogP) is -0.449. The van der Waals surface area contributed by atoms with E-state index >= 15 is 0 Å². The Labute approximate surface area is 91.5 Å². The predicted molar refractivity (Wildman–Crippen MR) is 58.6 cm³/mol. The summed E-state index contributed by atoms with van der Waals surface area (Å²) in [5.41, 5.74) is 10.5. The molecule has 0 amide bonds. The molecule has 0 saturated carbocycles. The van der Waals surface area contributed by atoms with Crippen molar-refractivity contribution in [3.8, 4) is 0 Å². The van der Waals surface area contributed by atoms with E-state index in [9.17, 15) is 0 Å². The van der Waals surface area contributed by atoms with Gasteiger partial charge in [-0.2, -0.15) is 15.0 Å². The minimum atomic E-state index is 0.113. The molecule has 0 aromatic carbocycles. The van der Waals surface area contributed by atoms with E-state index in [1.54, 1.807) is 0 Å². The van der Waals surface area contributed by atoms with E-state index in [-0.39, 0.29) is 11.9 Å². The van der Waals surface area contributed by atoms with Crippen LogP contribution in [0.5, 0.6) is 0 Å². The van der Waals surface area contributed by atoms with Crippen LogP contribution in [0, 0.1) is 0 Å². The van der Waals surface area contributed by atoms with Gasteiger partial charge in [0.05, 0.1) is 0 Å². The zero-order valence-corrected chi connectivity index (χ0v) is 8.35. The average Bonchev–Trinajstić information content (AvgIpc) is 2.31. The van der Waals surface area contributed by atoms with Crippen molar-refractivity contribution in [1.82, 2.24) is 29.9 Å². The molecule has 0 aliphatic heterocycles. The number of nitrogen functional groups attached to an aromatic ring is 2. The maximum atomic E-state index is 5.24. The van der Waals surface area contributed by atoms with Crippen LogP contribution in [0.4, 0.5) is 11.9 Å². The molecule has 2 rings (SSSR count). The topological polar surface area (TPSA) is 129 Å². The monoisotopic (exact) mass is 218 g/mol. The van der Waals surface area contributed by atoms with Crippen LogP contribution in [-0.2, 0) is 0 Å². The van der Waals surface area contributed by atoms with Gasteiger partial charge in [-0.25, -0.2) is 15.0 Å². The first-order valence-electron chi connectivity index (χ1n) is 4.17. The first-order valence-corrected chi connectivity index (χ1v) is 4.17. The van der Waals surface area contributed by atoms with Crippen LogP contribution in [-0.4, -0.2) is 29.9 Å². The lowest BCUT2D eigenvalue weighted by Gasteiger charge is -1.94. The number of rotatable bonds is 1. The third kappa shape index (κ3) is 4.05. The Kier molecular flexibility index (Phi) is 4.26. The summed E-state index contributed by atoms with van der Waals surface area (Å²) >= 11 is 0. The van der Waals surface area contributed by atoms with Crippen LogP contribution in [0.25, 0.3) is 6.08 Å². The standard InChI is InChI=1S/C5H7N5.C3H3N3/c1-2-3-8-4(6)10-5(7)9-3;1-4-2-6-3-5-1/h2H,1H2,(H4,6,7,8,9,10);1-3H. The molecule has 0 spiro atoms. The van der Waals surface area contributed by atoms with Crippen molar-refractivity contribution in [1.29, 1.82) is 0 Å². The van der Waals surface area contributed by atoms with Crippen LogP contribution in [0.1, 0.15) is 5.82 Å². The quantitative estimate of drug-likeness (QED) is 0.658. The molecule has 0 aliphatic rings. The lowest BCUT2D eigenvalue weighted by Crippen LogP contribution is -2.03. The van der Waals surface area contributed by atoms with Crippen molar-refractivity contribution in [2.24, 2.45) is 0 Å². The summed E-state index contributed by atoms with van der Waals surface area (Å²) in [6, 6.07) is 0. The second kappa shape index (κ2) is 5.96. The first kappa shape index (κ1) is 11.4. The van der Waals surface area contributed by atoms with Crippen LogP contribution in [0.15, 0.2) is 25.6 Å². The normalized spacial score (nSPS) is 8.75. The number of hydrogen-bond donors (Lipinski definition) is 2. The molecule has 0 aliphatic carbocycles. The lowest BCUT2D eigenvalue weighted by molar-refractivity contribution is 1.05. The SMILES string of the molecule is C=Cc1nc(N)nc(N)n1.c1ncncn1. The lowest BCUT2D eigenvalue weighted by atomic mass is 10.6. The number of hydrogen-bond acceptors (Lipinski definition) is 8. The van der Waals surface area contributed by atoms with Crippen molar-refractivity contribution in [2.75, 3.05) is 11.5 Å². The second-order valence-corrected chi connectivity index (χ2v) is 2.41. The van der Waals surface area contributed by atoms with Crippen molar-refractivity contribution in [2.45, 2.75) is 0 Å². The molecule has 0 unspecified atom stereocenters. The third-order valence-electron chi connectivity index (χ3n) is 1.27. The minimum absolute atomic E-state index is 0.113. The van der Waals surface area contributed by atoms with Gasteiger partial charge in [0.2, 0.25) is 11.9 Å². The molecule has 2 heterocycles. The smallest absolute Gasteiger partial charge is 0.225 e. The largest absolute Gasteiger partial charge is 0.368 e. The fourth-order valence-electron chi connectivity index (χ4n) is 0.723. The maximum Gasteiger partial charge on any atom is 0.225 e.